The maximum Gasteiger partial charge on any atom is 0.326 e. The van der Waals surface area contributed by atoms with Crippen molar-refractivity contribution in [2.45, 2.75) is 77.5 Å². The number of nitrogens with one attached hydrogen (secondary N) is 1. The van der Waals surface area contributed by atoms with Gasteiger partial charge in [0.25, 0.3) is 0 Å². The normalized spacial score (nSPS) is 23.3. The predicted octanol–water partition coefficient (Wildman–Crippen LogP) is 2.36. The lowest BCUT2D eigenvalue weighted by molar-refractivity contribution is -0.144. The lowest BCUT2D eigenvalue weighted by atomic mass is 9.88. The molecule has 134 valence electrons. The third-order valence-electron chi connectivity index (χ3n) is 4.04. The average molecular weight is 329 g/mol. The lowest BCUT2D eigenvalue weighted by Gasteiger charge is -2.28. The van der Waals surface area contributed by atoms with E-state index in [2.05, 4.69) is 12.2 Å². The van der Waals surface area contributed by atoms with Crippen LogP contribution in [-0.2, 0) is 19.1 Å². The summed E-state index contributed by atoms with van der Waals surface area (Å²) in [5.41, 5.74) is -0.326. The van der Waals surface area contributed by atoms with Gasteiger partial charge in [-0.3, -0.25) is 4.79 Å². The molecule has 0 bridgehead atoms. The monoisotopic (exact) mass is 329 g/mol. The molecule has 0 saturated heterocycles. The molecule has 6 nitrogen and oxygen atoms in total. The zero-order valence-corrected chi connectivity index (χ0v) is 14.8. The van der Waals surface area contributed by atoms with Crippen LogP contribution in [0.15, 0.2) is 0 Å². The van der Waals surface area contributed by atoms with Gasteiger partial charge in [-0.05, 0) is 39.5 Å². The highest BCUT2D eigenvalue weighted by Crippen LogP contribution is 2.26. The summed E-state index contributed by atoms with van der Waals surface area (Å²) in [6, 6.07) is -0.947. The van der Waals surface area contributed by atoms with E-state index < -0.39 is 12.0 Å². The van der Waals surface area contributed by atoms with Gasteiger partial charge in [0.05, 0.1) is 11.7 Å². The van der Waals surface area contributed by atoms with Crippen LogP contribution in [-0.4, -0.2) is 47.9 Å². The van der Waals surface area contributed by atoms with Crippen LogP contribution >= 0.6 is 0 Å². The van der Waals surface area contributed by atoms with E-state index in [1.165, 1.54) is 6.42 Å². The van der Waals surface area contributed by atoms with E-state index in [0.717, 1.165) is 19.3 Å². The Balaban J connectivity index is 2.34. The van der Waals surface area contributed by atoms with Crippen LogP contribution in [0.1, 0.15) is 59.8 Å². The van der Waals surface area contributed by atoms with E-state index in [4.69, 9.17) is 9.47 Å². The SMILES string of the molecule is CC1CCCCC1OCC(=O)NC(CCOC(C)(C)C)C(=O)O. The van der Waals surface area contributed by atoms with E-state index in [0.29, 0.717) is 5.92 Å². The van der Waals surface area contributed by atoms with Crippen LogP contribution in [0.25, 0.3) is 0 Å². The first-order valence-corrected chi connectivity index (χ1v) is 8.47. The molecule has 2 N–H and O–H groups in total. The van der Waals surface area contributed by atoms with Gasteiger partial charge in [0, 0.05) is 13.0 Å². The van der Waals surface area contributed by atoms with E-state index in [1.807, 2.05) is 20.8 Å². The summed E-state index contributed by atoms with van der Waals surface area (Å²) < 4.78 is 11.2. The number of hydrogen-bond acceptors (Lipinski definition) is 4. The molecular weight excluding hydrogens is 298 g/mol. The van der Waals surface area contributed by atoms with Crippen molar-refractivity contribution in [2.24, 2.45) is 5.92 Å². The highest BCUT2D eigenvalue weighted by molar-refractivity contribution is 5.84. The van der Waals surface area contributed by atoms with Gasteiger partial charge < -0.3 is 19.9 Å². The lowest BCUT2D eigenvalue weighted by Crippen LogP contribution is -2.44. The molecule has 3 atom stereocenters. The minimum absolute atomic E-state index is 0.0844. The molecule has 3 unspecified atom stereocenters. The Morgan fingerprint density at radius 3 is 2.48 bits per heavy atom. The van der Waals surface area contributed by atoms with Crippen LogP contribution < -0.4 is 5.32 Å². The van der Waals surface area contributed by atoms with Gasteiger partial charge in [-0.1, -0.05) is 19.8 Å². The highest BCUT2D eigenvalue weighted by atomic mass is 16.5. The molecule has 1 rings (SSSR count). The topological polar surface area (TPSA) is 84.9 Å². The standard InChI is InChI=1S/C17H31NO5/c1-12-7-5-6-8-14(12)22-11-15(19)18-13(16(20)21)9-10-23-17(2,3)4/h12-14H,5-11H2,1-4H3,(H,18,19)(H,20,21). The average Bonchev–Trinajstić information content (AvgIpc) is 2.44. The fraction of sp³-hybridized carbons (Fsp3) is 0.882. The first-order valence-electron chi connectivity index (χ1n) is 8.47. The fourth-order valence-electron chi connectivity index (χ4n) is 2.69. The Bertz CT molecular complexity index is 391. The molecule has 0 aliphatic heterocycles. The van der Waals surface area contributed by atoms with Crippen LogP contribution in [0.2, 0.25) is 0 Å². The number of hydrogen-bond donors (Lipinski definition) is 2. The number of aliphatic carboxylic acids is 1. The number of ether oxygens (including phenoxy) is 2. The van der Waals surface area contributed by atoms with Crippen molar-refractivity contribution in [3.05, 3.63) is 0 Å². The molecule has 0 aromatic carbocycles. The molecule has 1 aliphatic carbocycles. The fourth-order valence-corrected chi connectivity index (χ4v) is 2.69. The van der Waals surface area contributed by atoms with Gasteiger partial charge in [-0.25, -0.2) is 4.79 Å². The molecule has 1 fully saturated rings. The summed E-state index contributed by atoms with van der Waals surface area (Å²) in [4.78, 5) is 23.2. The molecule has 0 aromatic heterocycles. The number of carboxylic acids is 1. The van der Waals surface area contributed by atoms with Crippen molar-refractivity contribution in [2.75, 3.05) is 13.2 Å². The van der Waals surface area contributed by atoms with E-state index in [9.17, 15) is 14.7 Å². The number of carbonyl (C=O) groups excluding carboxylic acids is 1. The summed E-state index contributed by atoms with van der Waals surface area (Å²) in [6.07, 6.45) is 4.76. The summed E-state index contributed by atoms with van der Waals surface area (Å²) >= 11 is 0. The van der Waals surface area contributed by atoms with Gasteiger partial charge in [0.1, 0.15) is 12.6 Å². The molecule has 0 aromatic rings. The van der Waals surface area contributed by atoms with Crippen LogP contribution in [0.5, 0.6) is 0 Å². The maximum absolute atomic E-state index is 11.9. The molecule has 1 aliphatic rings. The molecule has 1 saturated carbocycles. The second-order valence-corrected chi connectivity index (χ2v) is 7.32. The first kappa shape index (κ1) is 19.9. The maximum atomic E-state index is 11.9. The summed E-state index contributed by atoms with van der Waals surface area (Å²) in [5.74, 6) is -0.986. The number of carbonyl (C=O) groups is 2. The van der Waals surface area contributed by atoms with Gasteiger partial charge in [-0.15, -0.1) is 0 Å². The van der Waals surface area contributed by atoms with Crippen molar-refractivity contribution in [1.29, 1.82) is 0 Å². The summed E-state index contributed by atoms with van der Waals surface area (Å²) in [6.45, 7) is 8.04. The highest BCUT2D eigenvalue weighted by Gasteiger charge is 2.25. The Kier molecular flexibility index (Phi) is 7.99. The summed E-state index contributed by atoms with van der Waals surface area (Å²) in [5, 5.41) is 11.7. The number of carboxylic acid groups (broad SMARTS) is 1. The molecule has 0 heterocycles. The van der Waals surface area contributed by atoms with Crippen molar-refractivity contribution >= 4 is 11.9 Å². The van der Waals surface area contributed by atoms with Crippen molar-refractivity contribution in [3.63, 3.8) is 0 Å². The Labute approximate surface area is 138 Å². The number of rotatable bonds is 8. The second kappa shape index (κ2) is 9.23. The van der Waals surface area contributed by atoms with Gasteiger partial charge in [0.2, 0.25) is 5.91 Å². The van der Waals surface area contributed by atoms with E-state index in [1.54, 1.807) is 0 Å². The molecule has 6 heteroatoms. The second-order valence-electron chi connectivity index (χ2n) is 7.32. The molecule has 0 radical (unpaired) electrons. The minimum atomic E-state index is -1.05. The van der Waals surface area contributed by atoms with Crippen molar-refractivity contribution < 1.29 is 24.2 Å². The molecule has 0 spiro atoms. The van der Waals surface area contributed by atoms with Gasteiger partial charge >= 0.3 is 5.97 Å². The molecular formula is C17H31NO5. The molecule has 1 amide bonds. The van der Waals surface area contributed by atoms with Crippen molar-refractivity contribution in [1.82, 2.24) is 5.32 Å². The third-order valence-corrected chi connectivity index (χ3v) is 4.04. The molecule has 23 heavy (non-hydrogen) atoms. The zero-order valence-electron chi connectivity index (χ0n) is 14.8. The minimum Gasteiger partial charge on any atom is -0.480 e. The largest absolute Gasteiger partial charge is 0.480 e. The Morgan fingerprint density at radius 2 is 1.91 bits per heavy atom. The third kappa shape index (κ3) is 8.32. The number of amides is 1. The predicted molar refractivity (Wildman–Crippen MR) is 87.3 cm³/mol. The smallest absolute Gasteiger partial charge is 0.326 e. The van der Waals surface area contributed by atoms with Crippen molar-refractivity contribution in [3.8, 4) is 0 Å². The van der Waals surface area contributed by atoms with E-state index in [-0.39, 0.29) is 37.2 Å². The Hall–Kier alpha value is -1.14. The Morgan fingerprint density at radius 1 is 1.26 bits per heavy atom. The van der Waals surface area contributed by atoms with Crippen LogP contribution in [0.4, 0.5) is 0 Å². The van der Waals surface area contributed by atoms with Gasteiger partial charge in [0.15, 0.2) is 0 Å². The van der Waals surface area contributed by atoms with Gasteiger partial charge in [-0.2, -0.15) is 0 Å². The first-order chi connectivity index (χ1) is 10.7. The van der Waals surface area contributed by atoms with E-state index >= 15 is 0 Å². The van der Waals surface area contributed by atoms with Crippen LogP contribution in [0, 0.1) is 5.92 Å². The summed E-state index contributed by atoms with van der Waals surface area (Å²) in [7, 11) is 0. The quantitative estimate of drug-likeness (QED) is 0.714. The zero-order chi connectivity index (χ0) is 17.5. The van der Waals surface area contributed by atoms with Crippen LogP contribution in [0.3, 0.4) is 0 Å².